The summed E-state index contributed by atoms with van der Waals surface area (Å²) in [6.07, 6.45) is 5.18. The van der Waals surface area contributed by atoms with Gasteiger partial charge >= 0.3 is 0 Å². The Hall–Kier alpha value is -0.910. The quantitative estimate of drug-likeness (QED) is 0.826. The summed E-state index contributed by atoms with van der Waals surface area (Å²) in [6.45, 7) is 2.75. The first-order valence-electron chi connectivity index (χ1n) is 6.04. The van der Waals surface area contributed by atoms with E-state index < -0.39 is 5.60 Å². The maximum absolute atomic E-state index is 10.4. The Morgan fingerprint density at radius 1 is 1.53 bits per heavy atom. The van der Waals surface area contributed by atoms with Crippen LogP contribution in [0.3, 0.4) is 0 Å². The third kappa shape index (κ3) is 3.28. The topological polar surface area (TPSA) is 50.5 Å². The summed E-state index contributed by atoms with van der Waals surface area (Å²) in [4.78, 5) is 6.41. The summed E-state index contributed by atoms with van der Waals surface area (Å²) in [6, 6.07) is 0. The van der Waals surface area contributed by atoms with Crippen LogP contribution in [0, 0.1) is 0 Å². The number of imidazole rings is 1. The van der Waals surface area contributed by atoms with E-state index in [-0.39, 0.29) is 0 Å². The molecule has 0 atom stereocenters. The first kappa shape index (κ1) is 12.5. The number of hydrogen-bond acceptors (Lipinski definition) is 4. The number of rotatable bonds is 4. The lowest BCUT2D eigenvalue weighted by Gasteiger charge is -2.35. The molecule has 0 aromatic carbocycles. The fourth-order valence-corrected chi connectivity index (χ4v) is 2.26. The van der Waals surface area contributed by atoms with Crippen molar-refractivity contribution in [3.63, 3.8) is 0 Å². The predicted octanol–water partition coefficient (Wildman–Crippen LogP) is 0.393. The normalized spacial score (nSPS) is 19.8. The molecule has 1 aromatic heterocycles. The third-order valence-electron chi connectivity index (χ3n) is 3.32. The van der Waals surface area contributed by atoms with Gasteiger partial charge < -0.3 is 14.4 Å². The van der Waals surface area contributed by atoms with E-state index in [1.54, 1.807) is 6.20 Å². The number of hydrogen-bond donors (Lipinski definition) is 1. The van der Waals surface area contributed by atoms with Crippen LogP contribution in [0.2, 0.25) is 0 Å². The zero-order valence-corrected chi connectivity index (χ0v) is 10.6. The van der Waals surface area contributed by atoms with Crippen molar-refractivity contribution in [1.29, 1.82) is 0 Å². The highest BCUT2D eigenvalue weighted by molar-refractivity contribution is 4.92. The van der Waals surface area contributed by atoms with Gasteiger partial charge in [0.15, 0.2) is 0 Å². The van der Waals surface area contributed by atoms with Crippen LogP contribution in [0.1, 0.15) is 18.7 Å². The summed E-state index contributed by atoms with van der Waals surface area (Å²) in [7, 11) is 4.00. The Balaban J connectivity index is 1.88. The smallest absolute Gasteiger partial charge is 0.122 e. The second kappa shape index (κ2) is 5.16. The SMILES string of the molecule is CN(Cc1nccn1C)CC1(O)CCOCC1. The molecule has 1 aliphatic rings. The van der Waals surface area contributed by atoms with Gasteiger partial charge in [0.1, 0.15) is 5.82 Å². The number of nitrogens with zero attached hydrogens (tertiary/aromatic N) is 3. The van der Waals surface area contributed by atoms with E-state index in [0.29, 0.717) is 19.8 Å². The molecule has 1 saturated heterocycles. The minimum absolute atomic E-state index is 0.599. The van der Waals surface area contributed by atoms with E-state index in [4.69, 9.17) is 4.74 Å². The Labute approximate surface area is 102 Å². The minimum Gasteiger partial charge on any atom is -0.388 e. The Morgan fingerprint density at radius 2 is 2.24 bits per heavy atom. The van der Waals surface area contributed by atoms with E-state index in [9.17, 15) is 5.11 Å². The molecule has 0 spiro atoms. The van der Waals surface area contributed by atoms with Gasteiger partial charge in [-0.15, -0.1) is 0 Å². The maximum atomic E-state index is 10.4. The molecular formula is C12H21N3O2. The van der Waals surface area contributed by atoms with E-state index in [2.05, 4.69) is 9.88 Å². The van der Waals surface area contributed by atoms with Crippen molar-refractivity contribution >= 4 is 0 Å². The zero-order chi connectivity index (χ0) is 12.3. The lowest BCUT2D eigenvalue weighted by molar-refractivity contribution is -0.0780. The molecule has 96 valence electrons. The lowest BCUT2D eigenvalue weighted by Crippen LogP contribution is -2.45. The van der Waals surface area contributed by atoms with E-state index in [0.717, 1.165) is 25.2 Å². The molecule has 17 heavy (non-hydrogen) atoms. The lowest BCUT2D eigenvalue weighted by atomic mass is 9.94. The third-order valence-corrected chi connectivity index (χ3v) is 3.32. The van der Waals surface area contributed by atoms with Crippen LogP contribution in [-0.4, -0.2) is 52.0 Å². The van der Waals surface area contributed by atoms with Crippen LogP contribution in [0.15, 0.2) is 12.4 Å². The number of likely N-dealkylation sites (N-methyl/N-ethyl adjacent to an activating group) is 1. The van der Waals surface area contributed by atoms with Gasteiger partial charge in [0.2, 0.25) is 0 Å². The molecule has 1 aromatic rings. The van der Waals surface area contributed by atoms with Crippen molar-refractivity contribution in [1.82, 2.24) is 14.5 Å². The van der Waals surface area contributed by atoms with Gasteiger partial charge in [0.25, 0.3) is 0 Å². The highest BCUT2D eigenvalue weighted by Crippen LogP contribution is 2.21. The van der Waals surface area contributed by atoms with Crippen LogP contribution >= 0.6 is 0 Å². The van der Waals surface area contributed by atoms with Crippen LogP contribution in [0.5, 0.6) is 0 Å². The van der Waals surface area contributed by atoms with Crippen molar-refractivity contribution in [2.24, 2.45) is 7.05 Å². The largest absolute Gasteiger partial charge is 0.388 e. The summed E-state index contributed by atoms with van der Waals surface area (Å²) in [5, 5.41) is 10.4. The monoisotopic (exact) mass is 239 g/mol. The summed E-state index contributed by atoms with van der Waals surface area (Å²) < 4.78 is 7.28. The fourth-order valence-electron chi connectivity index (χ4n) is 2.26. The Morgan fingerprint density at radius 3 is 2.82 bits per heavy atom. The number of aromatic nitrogens is 2. The Kier molecular flexibility index (Phi) is 3.81. The maximum Gasteiger partial charge on any atom is 0.122 e. The van der Waals surface area contributed by atoms with E-state index >= 15 is 0 Å². The first-order chi connectivity index (χ1) is 8.09. The molecule has 0 radical (unpaired) electrons. The first-order valence-corrected chi connectivity index (χ1v) is 6.04. The molecule has 0 amide bonds. The van der Waals surface area contributed by atoms with Gasteiger partial charge in [-0.3, -0.25) is 4.90 Å². The molecule has 1 aliphatic heterocycles. The van der Waals surface area contributed by atoms with Gasteiger partial charge in [0, 0.05) is 52.0 Å². The Bertz CT molecular complexity index is 358. The van der Waals surface area contributed by atoms with Gasteiger partial charge in [-0.2, -0.15) is 0 Å². The van der Waals surface area contributed by atoms with Gasteiger partial charge in [-0.25, -0.2) is 4.98 Å². The van der Waals surface area contributed by atoms with Crippen molar-refractivity contribution in [2.75, 3.05) is 26.8 Å². The summed E-state index contributed by atoms with van der Waals surface area (Å²) in [5.41, 5.74) is -0.599. The summed E-state index contributed by atoms with van der Waals surface area (Å²) in [5.74, 6) is 1.02. The summed E-state index contributed by atoms with van der Waals surface area (Å²) >= 11 is 0. The van der Waals surface area contributed by atoms with Gasteiger partial charge in [0.05, 0.1) is 12.1 Å². The molecule has 0 bridgehead atoms. The molecule has 5 heteroatoms. The number of ether oxygens (including phenoxy) is 1. The molecular weight excluding hydrogens is 218 g/mol. The molecule has 5 nitrogen and oxygen atoms in total. The van der Waals surface area contributed by atoms with E-state index in [1.807, 2.05) is 24.9 Å². The second-order valence-corrected chi connectivity index (χ2v) is 4.96. The van der Waals surface area contributed by atoms with Gasteiger partial charge in [-0.05, 0) is 7.05 Å². The van der Waals surface area contributed by atoms with Gasteiger partial charge in [-0.1, -0.05) is 0 Å². The fraction of sp³-hybridized carbons (Fsp3) is 0.750. The molecule has 0 aliphatic carbocycles. The molecule has 0 saturated carbocycles. The van der Waals surface area contributed by atoms with Crippen LogP contribution in [0.4, 0.5) is 0 Å². The minimum atomic E-state index is -0.599. The molecule has 2 heterocycles. The zero-order valence-electron chi connectivity index (χ0n) is 10.6. The van der Waals surface area contributed by atoms with Crippen LogP contribution < -0.4 is 0 Å². The van der Waals surface area contributed by atoms with Crippen molar-refractivity contribution in [3.8, 4) is 0 Å². The standard InChI is InChI=1S/C12H21N3O2/c1-14(9-11-13-5-6-15(11)2)10-12(16)3-7-17-8-4-12/h5-6,16H,3-4,7-10H2,1-2H3. The second-order valence-electron chi connectivity index (χ2n) is 4.96. The van der Waals surface area contributed by atoms with Crippen molar-refractivity contribution < 1.29 is 9.84 Å². The average molecular weight is 239 g/mol. The number of aryl methyl sites for hydroxylation is 1. The highest BCUT2D eigenvalue weighted by Gasteiger charge is 2.31. The molecule has 2 rings (SSSR count). The van der Waals surface area contributed by atoms with Crippen LogP contribution in [-0.2, 0) is 18.3 Å². The number of aliphatic hydroxyl groups is 1. The average Bonchev–Trinajstić information content (AvgIpc) is 2.64. The highest BCUT2D eigenvalue weighted by atomic mass is 16.5. The molecule has 1 fully saturated rings. The van der Waals surface area contributed by atoms with Crippen molar-refractivity contribution in [2.45, 2.75) is 25.0 Å². The van der Waals surface area contributed by atoms with Crippen molar-refractivity contribution in [3.05, 3.63) is 18.2 Å². The van der Waals surface area contributed by atoms with E-state index in [1.165, 1.54) is 0 Å². The molecule has 0 unspecified atom stereocenters. The predicted molar refractivity (Wildman–Crippen MR) is 64.5 cm³/mol. The molecule has 1 N–H and O–H groups in total. The van der Waals surface area contributed by atoms with Crippen LogP contribution in [0.25, 0.3) is 0 Å².